The van der Waals surface area contributed by atoms with Crippen LogP contribution in [-0.4, -0.2) is 17.7 Å². The topological polar surface area (TPSA) is 32.3 Å². The van der Waals surface area contributed by atoms with Crippen LogP contribution in [0.4, 0.5) is 0 Å². The molecule has 1 atom stereocenters. The Morgan fingerprint density at radius 1 is 1.30 bits per heavy atom. The average molecular weight is 287 g/mol. The number of hydrogen-bond donors (Lipinski definition) is 2. The van der Waals surface area contributed by atoms with Crippen molar-refractivity contribution >= 4 is 11.3 Å². The molecule has 0 spiro atoms. The van der Waals surface area contributed by atoms with E-state index in [1.54, 1.807) is 11.3 Å². The molecule has 106 valence electrons. The first-order valence-electron chi connectivity index (χ1n) is 7.23. The van der Waals surface area contributed by atoms with Crippen molar-refractivity contribution in [3.8, 4) is 0 Å². The van der Waals surface area contributed by atoms with Crippen molar-refractivity contribution in [2.75, 3.05) is 6.54 Å². The molecule has 2 N–H and O–H groups in total. The molecule has 0 bridgehead atoms. The van der Waals surface area contributed by atoms with E-state index in [-0.39, 0.29) is 6.10 Å². The molecule has 2 nitrogen and oxygen atoms in total. The predicted octanol–water partition coefficient (Wildman–Crippen LogP) is 3.63. The lowest BCUT2D eigenvalue weighted by Crippen LogP contribution is -2.42. The fourth-order valence-corrected chi connectivity index (χ4v) is 3.65. The SMILES string of the molecule is Cc1ccccc1C1CC(NCC(O)c2ccsc2)C1. The normalized spacial score (nSPS) is 23.3. The molecule has 0 amide bonds. The maximum Gasteiger partial charge on any atom is 0.0922 e. The summed E-state index contributed by atoms with van der Waals surface area (Å²) in [4.78, 5) is 0. The van der Waals surface area contributed by atoms with Gasteiger partial charge in [0.1, 0.15) is 0 Å². The summed E-state index contributed by atoms with van der Waals surface area (Å²) < 4.78 is 0. The third-order valence-electron chi connectivity index (χ3n) is 4.29. The Hall–Kier alpha value is -1.16. The molecule has 1 saturated carbocycles. The number of aliphatic hydroxyl groups excluding tert-OH is 1. The lowest BCUT2D eigenvalue weighted by Gasteiger charge is -2.37. The van der Waals surface area contributed by atoms with Crippen molar-refractivity contribution < 1.29 is 5.11 Å². The van der Waals surface area contributed by atoms with E-state index < -0.39 is 0 Å². The second-order valence-corrected chi connectivity index (χ2v) is 6.48. The molecule has 1 unspecified atom stereocenters. The number of benzene rings is 1. The highest BCUT2D eigenvalue weighted by Gasteiger charge is 2.30. The minimum atomic E-state index is -0.376. The fraction of sp³-hybridized carbons (Fsp3) is 0.412. The minimum absolute atomic E-state index is 0.376. The fourth-order valence-electron chi connectivity index (χ4n) is 2.94. The first-order chi connectivity index (χ1) is 9.74. The summed E-state index contributed by atoms with van der Waals surface area (Å²) in [6.07, 6.45) is 1.99. The number of aryl methyl sites for hydroxylation is 1. The number of aliphatic hydroxyl groups is 1. The largest absolute Gasteiger partial charge is 0.387 e. The van der Waals surface area contributed by atoms with E-state index in [0.717, 1.165) is 5.56 Å². The van der Waals surface area contributed by atoms with Gasteiger partial charge in [-0.1, -0.05) is 24.3 Å². The summed E-state index contributed by atoms with van der Waals surface area (Å²) in [5.74, 6) is 0.687. The molecular weight excluding hydrogens is 266 g/mol. The van der Waals surface area contributed by atoms with Crippen LogP contribution in [-0.2, 0) is 0 Å². The summed E-state index contributed by atoms with van der Waals surface area (Å²) in [6.45, 7) is 2.85. The third kappa shape index (κ3) is 2.95. The number of rotatable bonds is 5. The molecule has 0 aliphatic heterocycles. The van der Waals surface area contributed by atoms with Gasteiger partial charge in [-0.3, -0.25) is 0 Å². The molecule has 1 aliphatic rings. The van der Waals surface area contributed by atoms with Gasteiger partial charge in [-0.15, -0.1) is 0 Å². The van der Waals surface area contributed by atoms with Gasteiger partial charge in [0.25, 0.3) is 0 Å². The zero-order valence-electron chi connectivity index (χ0n) is 11.8. The third-order valence-corrected chi connectivity index (χ3v) is 5.00. The smallest absolute Gasteiger partial charge is 0.0922 e. The van der Waals surface area contributed by atoms with E-state index >= 15 is 0 Å². The molecule has 1 heterocycles. The Balaban J connectivity index is 1.46. The molecule has 3 heteroatoms. The Morgan fingerprint density at radius 3 is 2.80 bits per heavy atom. The van der Waals surface area contributed by atoms with E-state index in [9.17, 15) is 5.11 Å². The van der Waals surface area contributed by atoms with Crippen LogP contribution < -0.4 is 5.32 Å². The molecule has 1 aliphatic carbocycles. The highest BCUT2D eigenvalue weighted by atomic mass is 32.1. The lowest BCUT2D eigenvalue weighted by atomic mass is 9.74. The Kier molecular flexibility index (Phi) is 4.20. The van der Waals surface area contributed by atoms with Gasteiger partial charge in [0.15, 0.2) is 0 Å². The van der Waals surface area contributed by atoms with E-state index in [4.69, 9.17) is 0 Å². The maximum absolute atomic E-state index is 10.0. The van der Waals surface area contributed by atoms with E-state index in [1.165, 1.54) is 24.0 Å². The zero-order valence-corrected chi connectivity index (χ0v) is 12.6. The Bertz CT molecular complexity index is 546. The quantitative estimate of drug-likeness (QED) is 0.880. The Labute approximate surface area is 124 Å². The summed E-state index contributed by atoms with van der Waals surface area (Å²) in [6, 6.07) is 11.2. The number of nitrogens with one attached hydrogen (secondary N) is 1. The molecule has 0 saturated heterocycles. The van der Waals surface area contributed by atoms with Gasteiger partial charge in [0, 0.05) is 12.6 Å². The first-order valence-corrected chi connectivity index (χ1v) is 8.17. The van der Waals surface area contributed by atoms with Crippen molar-refractivity contribution in [2.24, 2.45) is 0 Å². The van der Waals surface area contributed by atoms with Crippen LogP contribution >= 0.6 is 11.3 Å². The van der Waals surface area contributed by atoms with Crippen LogP contribution in [0, 0.1) is 6.92 Å². The van der Waals surface area contributed by atoms with Gasteiger partial charge >= 0.3 is 0 Å². The van der Waals surface area contributed by atoms with Crippen molar-refractivity contribution in [3.05, 3.63) is 57.8 Å². The molecule has 1 aromatic heterocycles. The van der Waals surface area contributed by atoms with Gasteiger partial charge in [0.05, 0.1) is 6.10 Å². The van der Waals surface area contributed by atoms with Crippen molar-refractivity contribution in [3.63, 3.8) is 0 Å². The summed E-state index contributed by atoms with van der Waals surface area (Å²) in [7, 11) is 0. The monoisotopic (exact) mass is 287 g/mol. The molecular formula is C17H21NOS. The summed E-state index contributed by atoms with van der Waals surface area (Å²) in [5.41, 5.74) is 3.91. The van der Waals surface area contributed by atoms with E-state index in [0.29, 0.717) is 18.5 Å². The minimum Gasteiger partial charge on any atom is -0.387 e. The van der Waals surface area contributed by atoms with Gasteiger partial charge in [-0.2, -0.15) is 11.3 Å². The lowest BCUT2D eigenvalue weighted by molar-refractivity contribution is 0.157. The van der Waals surface area contributed by atoms with Crippen LogP contribution in [0.25, 0.3) is 0 Å². The van der Waals surface area contributed by atoms with Crippen molar-refractivity contribution in [1.29, 1.82) is 0 Å². The van der Waals surface area contributed by atoms with Crippen LogP contribution in [0.15, 0.2) is 41.1 Å². The van der Waals surface area contributed by atoms with E-state index in [1.807, 2.05) is 16.8 Å². The van der Waals surface area contributed by atoms with E-state index in [2.05, 4.69) is 36.5 Å². The van der Waals surface area contributed by atoms with Gasteiger partial charge in [-0.25, -0.2) is 0 Å². The van der Waals surface area contributed by atoms with Gasteiger partial charge < -0.3 is 10.4 Å². The summed E-state index contributed by atoms with van der Waals surface area (Å²) in [5, 5.41) is 17.6. The molecule has 1 fully saturated rings. The van der Waals surface area contributed by atoms with Crippen molar-refractivity contribution in [2.45, 2.75) is 37.8 Å². The Morgan fingerprint density at radius 2 is 2.10 bits per heavy atom. The first kappa shape index (κ1) is 13.8. The zero-order chi connectivity index (χ0) is 13.9. The maximum atomic E-state index is 10.0. The standard InChI is InChI=1S/C17H21NOS/c1-12-4-2-3-5-16(12)14-8-15(9-14)18-10-17(19)13-6-7-20-11-13/h2-7,11,14-15,17-19H,8-10H2,1H3. The predicted molar refractivity (Wildman–Crippen MR) is 84.2 cm³/mol. The highest BCUT2D eigenvalue weighted by Crippen LogP contribution is 2.38. The molecule has 20 heavy (non-hydrogen) atoms. The second-order valence-electron chi connectivity index (χ2n) is 5.70. The van der Waals surface area contributed by atoms with Gasteiger partial charge in [-0.05, 0) is 59.2 Å². The molecule has 1 aromatic carbocycles. The molecule has 2 aromatic rings. The van der Waals surface area contributed by atoms with Crippen LogP contribution in [0.5, 0.6) is 0 Å². The molecule has 3 rings (SSSR count). The average Bonchev–Trinajstić information content (AvgIpc) is 2.92. The second kappa shape index (κ2) is 6.08. The number of hydrogen-bond acceptors (Lipinski definition) is 3. The van der Waals surface area contributed by atoms with Gasteiger partial charge in [0.2, 0.25) is 0 Å². The summed E-state index contributed by atoms with van der Waals surface area (Å²) >= 11 is 1.63. The van der Waals surface area contributed by atoms with Crippen LogP contribution in [0.2, 0.25) is 0 Å². The van der Waals surface area contributed by atoms with Crippen LogP contribution in [0.1, 0.15) is 41.6 Å². The number of thiophene rings is 1. The highest BCUT2D eigenvalue weighted by molar-refractivity contribution is 7.07. The van der Waals surface area contributed by atoms with Crippen molar-refractivity contribution in [1.82, 2.24) is 5.32 Å². The van der Waals surface area contributed by atoms with Crippen LogP contribution in [0.3, 0.4) is 0 Å². The molecule has 0 radical (unpaired) electrons.